The summed E-state index contributed by atoms with van der Waals surface area (Å²) in [6.07, 6.45) is 2.98. The Labute approximate surface area is 161 Å². The monoisotopic (exact) mass is 364 g/mol. The van der Waals surface area contributed by atoms with Crippen LogP contribution in [0, 0.1) is 0 Å². The van der Waals surface area contributed by atoms with Gasteiger partial charge in [0.25, 0.3) is 0 Å². The first-order valence-corrected chi connectivity index (χ1v) is 9.98. The summed E-state index contributed by atoms with van der Waals surface area (Å²) in [6.45, 7) is 5.70. The third kappa shape index (κ3) is 4.01. The van der Waals surface area contributed by atoms with E-state index in [9.17, 15) is 4.79 Å². The topological polar surface area (TPSA) is 41.6 Å². The van der Waals surface area contributed by atoms with Crippen LogP contribution in [-0.2, 0) is 11.3 Å². The summed E-state index contributed by atoms with van der Waals surface area (Å²) in [6, 6.07) is 18.6. The minimum absolute atomic E-state index is 0.00357. The van der Waals surface area contributed by atoms with Crippen LogP contribution in [-0.4, -0.2) is 36.0 Å². The molecule has 0 radical (unpaired) electrons. The van der Waals surface area contributed by atoms with Crippen molar-refractivity contribution in [3.63, 3.8) is 0 Å². The molecule has 1 amide bonds. The van der Waals surface area contributed by atoms with Crippen molar-refractivity contribution in [1.29, 1.82) is 0 Å². The highest BCUT2D eigenvalue weighted by Gasteiger charge is 2.45. The number of ether oxygens (including phenoxy) is 1. The summed E-state index contributed by atoms with van der Waals surface area (Å²) in [5.41, 5.74) is 2.43. The van der Waals surface area contributed by atoms with Crippen LogP contribution in [0.4, 0.5) is 0 Å². The van der Waals surface area contributed by atoms with Gasteiger partial charge in [-0.15, -0.1) is 0 Å². The van der Waals surface area contributed by atoms with Gasteiger partial charge >= 0.3 is 0 Å². The van der Waals surface area contributed by atoms with Crippen molar-refractivity contribution >= 4 is 5.91 Å². The predicted octanol–water partition coefficient (Wildman–Crippen LogP) is 3.72. The summed E-state index contributed by atoms with van der Waals surface area (Å²) in [5, 5.41) is 3.34. The molecule has 4 heteroatoms. The predicted molar refractivity (Wildman–Crippen MR) is 107 cm³/mol. The molecule has 0 aromatic heterocycles. The van der Waals surface area contributed by atoms with E-state index in [2.05, 4.69) is 34.5 Å². The lowest BCUT2D eigenvalue weighted by Gasteiger charge is -2.39. The van der Waals surface area contributed by atoms with E-state index in [0.717, 1.165) is 50.2 Å². The van der Waals surface area contributed by atoms with Gasteiger partial charge in [0.1, 0.15) is 5.75 Å². The summed E-state index contributed by atoms with van der Waals surface area (Å²) in [4.78, 5) is 15.1. The molecule has 0 aliphatic carbocycles. The lowest BCUT2D eigenvalue weighted by molar-refractivity contribution is -0.121. The highest BCUT2D eigenvalue weighted by atomic mass is 16.5. The fourth-order valence-corrected chi connectivity index (χ4v) is 4.42. The van der Waals surface area contributed by atoms with E-state index in [1.807, 2.05) is 37.3 Å². The van der Waals surface area contributed by atoms with E-state index < -0.39 is 0 Å². The minimum Gasteiger partial charge on any atom is -0.494 e. The molecule has 2 saturated heterocycles. The molecule has 142 valence electrons. The van der Waals surface area contributed by atoms with E-state index in [0.29, 0.717) is 6.61 Å². The molecule has 0 bridgehead atoms. The Morgan fingerprint density at radius 2 is 1.78 bits per heavy atom. The van der Waals surface area contributed by atoms with Crippen molar-refractivity contribution in [1.82, 2.24) is 10.2 Å². The lowest BCUT2D eigenvalue weighted by atomic mass is 9.82. The second kappa shape index (κ2) is 7.73. The molecule has 2 aromatic carbocycles. The Kier molecular flexibility index (Phi) is 5.17. The van der Waals surface area contributed by atoms with Gasteiger partial charge in [-0.05, 0) is 49.4 Å². The Hall–Kier alpha value is -2.33. The Morgan fingerprint density at radius 1 is 1.07 bits per heavy atom. The second-order valence-electron chi connectivity index (χ2n) is 7.79. The normalized spacial score (nSPS) is 22.0. The van der Waals surface area contributed by atoms with Crippen LogP contribution in [0.25, 0.3) is 0 Å². The zero-order chi connectivity index (χ0) is 18.7. The second-order valence-corrected chi connectivity index (χ2v) is 7.79. The first-order chi connectivity index (χ1) is 13.2. The number of carbonyl (C=O) groups is 1. The SMILES string of the molecule is CCOc1ccc(CN2CCC3(CC2)C[C@@H](c2ccccc2)C(=O)N3)cc1. The van der Waals surface area contributed by atoms with Crippen molar-refractivity contribution < 1.29 is 9.53 Å². The summed E-state index contributed by atoms with van der Waals surface area (Å²) < 4.78 is 5.52. The summed E-state index contributed by atoms with van der Waals surface area (Å²) in [5.74, 6) is 1.13. The van der Waals surface area contributed by atoms with Crippen LogP contribution in [0.3, 0.4) is 0 Å². The van der Waals surface area contributed by atoms with Crippen LogP contribution >= 0.6 is 0 Å². The van der Waals surface area contributed by atoms with Crippen molar-refractivity contribution in [2.45, 2.75) is 44.2 Å². The molecule has 1 spiro atoms. The molecular formula is C23H28N2O2. The van der Waals surface area contributed by atoms with E-state index >= 15 is 0 Å². The van der Waals surface area contributed by atoms with Crippen molar-refractivity contribution in [2.75, 3.05) is 19.7 Å². The van der Waals surface area contributed by atoms with Crippen molar-refractivity contribution in [3.8, 4) is 5.75 Å². The Balaban J connectivity index is 1.34. The van der Waals surface area contributed by atoms with Gasteiger partial charge < -0.3 is 10.1 Å². The summed E-state index contributed by atoms with van der Waals surface area (Å²) in [7, 11) is 0. The Bertz CT molecular complexity index is 765. The van der Waals surface area contributed by atoms with Crippen LogP contribution < -0.4 is 10.1 Å². The van der Waals surface area contributed by atoms with Crippen molar-refractivity contribution in [3.05, 3.63) is 65.7 Å². The van der Waals surface area contributed by atoms with Gasteiger partial charge in [-0.3, -0.25) is 9.69 Å². The standard InChI is InChI=1S/C23H28N2O2/c1-2-27-20-10-8-18(9-11-20)17-25-14-12-23(13-15-25)16-21(22(26)24-23)19-6-4-3-5-7-19/h3-11,21H,2,12-17H2,1H3,(H,24,26)/t21-/m0/s1. The molecule has 2 fully saturated rings. The van der Waals surface area contributed by atoms with Gasteiger partial charge in [-0.25, -0.2) is 0 Å². The first-order valence-electron chi connectivity index (χ1n) is 9.98. The van der Waals surface area contributed by atoms with E-state index in [4.69, 9.17) is 4.74 Å². The average Bonchev–Trinajstić information content (AvgIpc) is 3.02. The molecule has 0 saturated carbocycles. The van der Waals surface area contributed by atoms with Crippen LogP contribution in [0.1, 0.15) is 43.2 Å². The Morgan fingerprint density at radius 3 is 2.44 bits per heavy atom. The lowest BCUT2D eigenvalue weighted by Crippen LogP contribution is -2.50. The molecule has 0 unspecified atom stereocenters. The molecule has 2 aromatic rings. The molecule has 2 aliphatic rings. The third-order valence-electron chi connectivity index (χ3n) is 5.96. The third-order valence-corrected chi connectivity index (χ3v) is 5.96. The maximum absolute atomic E-state index is 12.6. The number of nitrogens with one attached hydrogen (secondary N) is 1. The number of nitrogens with zero attached hydrogens (tertiary/aromatic N) is 1. The van der Waals surface area contributed by atoms with Gasteiger partial charge in [0, 0.05) is 25.2 Å². The fourth-order valence-electron chi connectivity index (χ4n) is 4.42. The molecular weight excluding hydrogens is 336 g/mol. The molecule has 4 rings (SSSR count). The van der Waals surface area contributed by atoms with Gasteiger partial charge in [0.2, 0.25) is 5.91 Å². The zero-order valence-electron chi connectivity index (χ0n) is 16.0. The smallest absolute Gasteiger partial charge is 0.228 e. The van der Waals surface area contributed by atoms with E-state index in [1.54, 1.807) is 0 Å². The van der Waals surface area contributed by atoms with Gasteiger partial charge in [-0.1, -0.05) is 42.5 Å². The maximum atomic E-state index is 12.6. The zero-order valence-corrected chi connectivity index (χ0v) is 16.0. The fraction of sp³-hybridized carbons (Fsp3) is 0.435. The number of amides is 1. The average molecular weight is 364 g/mol. The quantitative estimate of drug-likeness (QED) is 0.879. The highest BCUT2D eigenvalue weighted by Crippen LogP contribution is 2.39. The molecule has 27 heavy (non-hydrogen) atoms. The molecule has 4 nitrogen and oxygen atoms in total. The molecule has 2 aliphatic heterocycles. The summed E-state index contributed by atoms with van der Waals surface area (Å²) >= 11 is 0. The van der Waals surface area contributed by atoms with Crippen LogP contribution in [0.2, 0.25) is 0 Å². The molecule has 2 heterocycles. The maximum Gasteiger partial charge on any atom is 0.228 e. The number of hydrogen-bond acceptors (Lipinski definition) is 3. The van der Waals surface area contributed by atoms with Gasteiger partial charge in [0.15, 0.2) is 0 Å². The van der Waals surface area contributed by atoms with Gasteiger partial charge in [-0.2, -0.15) is 0 Å². The number of likely N-dealkylation sites (tertiary alicyclic amines) is 1. The first kappa shape index (κ1) is 18.1. The van der Waals surface area contributed by atoms with Gasteiger partial charge in [0.05, 0.1) is 12.5 Å². The number of hydrogen-bond donors (Lipinski definition) is 1. The number of benzene rings is 2. The minimum atomic E-state index is -0.0209. The van der Waals surface area contributed by atoms with Crippen LogP contribution in [0.15, 0.2) is 54.6 Å². The van der Waals surface area contributed by atoms with E-state index in [1.165, 1.54) is 5.56 Å². The molecule has 1 atom stereocenters. The molecule has 1 N–H and O–H groups in total. The number of rotatable bonds is 5. The van der Waals surface area contributed by atoms with Crippen LogP contribution in [0.5, 0.6) is 5.75 Å². The number of carbonyl (C=O) groups excluding carboxylic acids is 1. The highest BCUT2D eigenvalue weighted by molar-refractivity contribution is 5.87. The van der Waals surface area contributed by atoms with E-state index in [-0.39, 0.29) is 17.4 Å². The van der Waals surface area contributed by atoms with Crippen molar-refractivity contribution in [2.24, 2.45) is 0 Å². The largest absolute Gasteiger partial charge is 0.494 e. The number of piperidine rings is 1.